The maximum Gasteiger partial charge on any atom is 0.251 e. The van der Waals surface area contributed by atoms with Crippen LogP contribution in [-0.4, -0.2) is 26.0 Å². The second kappa shape index (κ2) is 7.77. The number of benzene rings is 1. The first kappa shape index (κ1) is 19.5. The number of primary amides is 1. The molecule has 27 heavy (non-hydrogen) atoms. The number of amides is 2. The minimum atomic E-state index is -3.58. The highest BCUT2D eigenvalue weighted by Crippen LogP contribution is 2.38. The van der Waals surface area contributed by atoms with Crippen molar-refractivity contribution in [2.75, 3.05) is 11.1 Å². The Morgan fingerprint density at radius 1 is 1.19 bits per heavy atom. The van der Waals surface area contributed by atoms with E-state index in [9.17, 15) is 22.4 Å². The molecule has 0 fully saturated rings. The number of hydrogen-bond acceptors (Lipinski definition) is 5. The van der Waals surface area contributed by atoms with Gasteiger partial charge in [0.1, 0.15) is 10.8 Å². The molecule has 1 aromatic heterocycles. The van der Waals surface area contributed by atoms with Gasteiger partial charge >= 0.3 is 0 Å². The van der Waals surface area contributed by atoms with Crippen molar-refractivity contribution in [1.29, 1.82) is 0 Å². The van der Waals surface area contributed by atoms with E-state index in [2.05, 4.69) is 5.32 Å². The van der Waals surface area contributed by atoms with E-state index >= 15 is 0 Å². The van der Waals surface area contributed by atoms with Crippen molar-refractivity contribution in [2.45, 2.75) is 37.0 Å². The number of nitrogens with one attached hydrogen (secondary N) is 1. The van der Waals surface area contributed by atoms with Crippen LogP contribution in [0.3, 0.4) is 0 Å². The summed E-state index contributed by atoms with van der Waals surface area (Å²) in [5, 5.41) is 3.13. The summed E-state index contributed by atoms with van der Waals surface area (Å²) < 4.78 is 37.3. The lowest BCUT2D eigenvalue weighted by atomic mass is 10.1. The summed E-state index contributed by atoms with van der Waals surface area (Å²) >= 11 is 1.36. The second-order valence-electron chi connectivity index (χ2n) is 6.35. The van der Waals surface area contributed by atoms with Crippen LogP contribution in [0, 0.1) is 5.82 Å². The maximum absolute atomic E-state index is 12.9. The fraction of sp³-hybridized carbons (Fsp3) is 0.333. The van der Waals surface area contributed by atoms with Gasteiger partial charge in [0.15, 0.2) is 9.84 Å². The molecule has 0 spiro atoms. The lowest BCUT2D eigenvalue weighted by Gasteiger charge is -2.07. The number of thiophene rings is 1. The zero-order chi connectivity index (χ0) is 19.6. The standard InChI is InChI=1S/C18H19FN2O4S2/c19-11-6-8-12(9-7-11)27(24,25)10-2-5-15(22)21-18-16(17(20)23)13-3-1-4-14(13)26-18/h6-9H,1-5,10H2,(H2,20,23)(H,21,22). The quantitative estimate of drug-likeness (QED) is 0.685. The van der Waals surface area contributed by atoms with Crippen LogP contribution in [0.4, 0.5) is 9.39 Å². The molecule has 1 aromatic carbocycles. The van der Waals surface area contributed by atoms with Crippen molar-refractivity contribution < 1.29 is 22.4 Å². The van der Waals surface area contributed by atoms with Gasteiger partial charge in [0.2, 0.25) is 5.91 Å². The topological polar surface area (TPSA) is 106 Å². The Hall–Kier alpha value is -2.26. The highest BCUT2D eigenvalue weighted by atomic mass is 32.2. The monoisotopic (exact) mass is 410 g/mol. The molecule has 0 radical (unpaired) electrons. The molecule has 3 rings (SSSR count). The summed E-state index contributed by atoms with van der Waals surface area (Å²) in [5.74, 6) is -1.67. The van der Waals surface area contributed by atoms with Crippen LogP contribution in [0.2, 0.25) is 0 Å². The van der Waals surface area contributed by atoms with Crippen molar-refractivity contribution in [3.8, 4) is 0 Å². The van der Waals surface area contributed by atoms with Gasteiger partial charge in [0.25, 0.3) is 5.91 Å². The molecule has 1 aliphatic rings. The first-order valence-electron chi connectivity index (χ1n) is 8.50. The number of aryl methyl sites for hydroxylation is 1. The highest BCUT2D eigenvalue weighted by Gasteiger charge is 2.26. The fourth-order valence-electron chi connectivity index (χ4n) is 3.12. The van der Waals surface area contributed by atoms with Crippen molar-refractivity contribution in [3.63, 3.8) is 0 Å². The minimum absolute atomic E-state index is 0.0127. The SMILES string of the molecule is NC(=O)c1c(NC(=O)CCCS(=O)(=O)c2ccc(F)cc2)sc2c1CCC2. The number of sulfone groups is 1. The average molecular weight is 410 g/mol. The van der Waals surface area contributed by atoms with Gasteiger partial charge in [-0.25, -0.2) is 12.8 Å². The number of rotatable bonds is 7. The minimum Gasteiger partial charge on any atom is -0.365 e. The molecule has 0 saturated carbocycles. The molecule has 144 valence electrons. The molecule has 0 aliphatic heterocycles. The van der Waals surface area contributed by atoms with E-state index in [1.807, 2.05) is 0 Å². The Bertz CT molecular complexity index is 982. The molecule has 0 bridgehead atoms. The number of carbonyl (C=O) groups is 2. The zero-order valence-corrected chi connectivity index (χ0v) is 16.1. The third-order valence-electron chi connectivity index (χ3n) is 4.41. The molecule has 0 atom stereocenters. The van der Waals surface area contributed by atoms with E-state index in [-0.39, 0.29) is 29.4 Å². The molecule has 1 aliphatic carbocycles. The number of fused-ring (bicyclic) bond motifs is 1. The van der Waals surface area contributed by atoms with E-state index in [1.54, 1.807) is 0 Å². The first-order chi connectivity index (χ1) is 12.8. The van der Waals surface area contributed by atoms with Gasteiger partial charge in [-0.15, -0.1) is 11.3 Å². The Morgan fingerprint density at radius 2 is 1.89 bits per heavy atom. The molecular formula is C18H19FN2O4S2. The molecular weight excluding hydrogens is 391 g/mol. The Kier molecular flexibility index (Phi) is 5.61. The molecule has 2 aromatic rings. The highest BCUT2D eigenvalue weighted by molar-refractivity contribution is 7.91. The van der Waals surface area contributed by atoms with Gasteiger partial charge in [-0.3, -0.25) is 9.59 Å². The van der Waals surface area contributed by atoms with Crippen LogP contribution in [0.5, 0.6) is 0 Å². The van der Waals surface area contributed by atoms with Gasteiger partial charge < -0.3 is 11.1 Å². The van der Waals surface area contributed by atoms with E-state index in [4.69, 9.17) is 5.73 Å². The van der Waals surface area contributed by atoms with Gasteiger partial charge in [0.05, 0.1) is 16.2 Å². The average Bonchev–Trinajstić information content (AvgIpc) is 3.15. The van der Waals surface area contributed by atoms with Gasteiger partial charge in [0, 0.05) is 11.3 Å². The summed E-state index contributed by atoms with van der Waals surface area (Å²) in [6.45, 7) is 0. The molecule has 6 nitrogen and oxygen atoms in total. The van der Waals surface area contributed by atoms with Crippen molar-refractivity contribution in [2.24, 2.45) is 5.73 Å². The van der Waals surface area contributed by atoms with Crippen LogP contribution < -0.4 is 11.1 Å². The van der Waals surface area contributed by atoms with Crippen LogP contribution in [0.15, 0.2) is 29.2 Å². The number of nitrogens with two attached hydrogens (primary N) is 1. The van der Waals surface area contributed by atoms with E-state index in [0.717, 1.165) is 41.8 Å². The summed E-state index contributed by atoms with van der Waals surface area (Å²) in [7, 11) is -3.58. The van der Waals surface area contributed by atoms with Crippen LogP contribution in [0.25, 0.3) is 0 Å². The first-order valence-corrected chi connectivity index (χ1v) is 11.0. The number of halogens is 1. The Balaban J connectivity index is 1.59. The summed E-state index contributed by atoms with van der Waals surface area (Å²) in [5.41, 5.74) is 6.74. The predicted molar refractivity (Wildman–Crippen MR) is 101 cm³/mol. The van der Waals surface area contributed by atoms with Crippen molar-refractivity contribution in [1.82, 2.24) is 0 Å². The number of carbonyl (C=O) groups excluding carboxylic acids is 2. The molecule has 3 N–H and O–H groups in total. The number of hydrogen-bond donors (Lipinski definition) is 2. The van der Waals surface area contributed by atoms with Gasteiger partial charge in [-0.2, -0.15) is 0 Å². The fourth-order valence-corrected chi connectivity index (χ4v) is 5.75. The maximum atomic E-state index is 12.9. The third kappa shape index (κ3) is 4.36. The molecule has 9 heteroatoms. The summed E-state index contributed by atoms with van der Waals surface area (Å²) in [6.07, 6.45) is 2.71. The molecule has 2 amide bonds. The van der Waals surface area contributed by atoms with Gasteiger partial charge in [-0.1, -0.05) is 0 Å². The molecule has 1 heterocycles. The smallest absolute Gasteiger partial charge is 0.251 e. The summed E-state index contributed by atoms with van der Waals surface area (Å²) in [4.78, 5) is 25.0. The normalized spacial score (nSPS) is 13.4. The third-order valence-corrected chi connectivity index (χ3v) is 7.43. The molecule has 0 unspecified atom stereocenters. The van der Waals surface area contributed by atoms with Crippen molar-refractivity contribution in [3.05, 3.63) is 46.1 Å². The lowest BCUT2D eigenvalue weighted by Crippen LogP contribution is -2.18. The van der Waals surface area contributed by atoms with E-state index in [0.29, 0.717) is 10.6 Å². The lowest BCUT2D eigenvalue weighted by molar-refractivity contribution is -0.116. The Labute approximate surface area is 160 Å². The molecule has 0 saturated heterocycles. The zero-order valence-electron chi connectivity index (χ0n) is 14.5. The summed E-state index contributed by atoms with van der Waals surface area (Å²) in [6, 6.07) is 4.58. The van der Waals surface area contributed by atoms with Crippen LogP contribution in [0.1, 0.15) is 40.1 Å². The van der Waals surface area contributed by atoms with Crippen LogP contribution >= 0.6 is 11.3 Å². The largest absolute Gasteiger partial charge is 0.365 e. The van der Waals surface area contributed by atoms with E-state index < -0.39 is 21.6 Å². The van der Waals surface area contributed by atoms with E-state index in [1.165, 1.54) is 23.5 Å². The second-order valence-corrected chi connectivity index (χ2v) is 9.56. The number of anilines is 1. The van der Waals surface area contributed by atoms with Crippen LogP contribution in [-0.2, 0) is 27.5 Å². The van der Waals surface area contributed by atoms with Crippen molar-refractivity contribution >= 4 is 38.0 Å². The van der Waals surface area contributed by atoms with Gasteiger partial charge in [-0.05, 0) is 55.5 Å². The predicted octanol–water partition coefficient (Wildman–Crippen LogP) is 2.67. The Morgan fingerprint density at radius 3 is 2.56 bits per heavy atom.